The number of nitrogens with zero attached hydrogens (tertiary/aromatic N) is 4. The molecule has 9 heteroatoms. The molecule has 2 heterocycles. The van der Waals surface area contributed by atoms with E-state index in [0.29, 0.717) is 36.0 Å². The van der Waals surface area contributed by atoms with E-state index in [4.69, 9.17) is 34.5 Å². The van der Waals surface area contributed by atoms with Gasteiger partial charge in [0, 0.05) is 24.0 Å². The van der Waals surface area contributed by atoms with Crippen LogP contribution in [0.1, 0.15) is 20.3 Å². The van der Waals surface area contributed by atoms with Gasteiger partial charge in [0.15, 0.2) is 0 Å². The van der Waals surface area contributed by atoms with Gasteiger partial charge in [0.25, 0.3) is 5.91 Å². The van der Waals surface area contributed by atoms with Crippen molar-refractivity contribution in [3.05, 3.63) is 82.4 Å². The van der Waals surface area contributed by atoms with Gasteiger partial charge < -0.3 is 9.64 Å². The Morgan fingerprint density at radius 2 is 1.74 bits per heavy atom. The lowest BCUT2D eigenvalue weighted by Gasteiger charge is -2.27. The van der Waals surface area contributed by atoms with Crippen LogP contribution in [0.25, 0.3) is 16.0 Å². The van der Waals surface area contributed by atoms with Crippen molar-refractivity contribution < 1.29 is 14.3 Å². The number of benzene rings is 2. The minimum Gasteiger partial charge on any atom is -0.492 e. The van der Waals surface area contributed by atoms with E-state index >= 15 is 0 Å². The van der Waals surface area contributed by atoms with Crippen molar-refractivity contribution in [3.8, 4) is 16.9 Å². The number of carbonyl (C=O) groups excluding carboxylic acids is 2. The Hall–Kier alpha value is -3.60. The zero-order chi connectivity index (χ0) is 25.2. The fraction of sp³-hybridized carbons (Fsp3) is 0.231. The predicted molar refractivity (Wildman–Crippen MR) is 136 cm³/mol. The number of ether oxygens (including phenoxy) is 1. The van der Waals surface area contributed by atoms with Crippen LogP contribution >= 0.6 is 23.2 Å². The number of halogens is 2. The average molecular weight is 509 g/mol. The summed E-state index contributed by atoms with van der Waals surface area (Å²) < 4.78 is 5.84. The van der Waals surface area contributed by atoms with Gasteiger partial charge in [-0.05, 0) is 67.8 Å². The topological polar surface area (TPSA) is 67.1 Å². The van der Waals surface area contributed by atoms with Crippen molar-refractivity contribution in [2.24, 2.45) is 0 Å². The number of urea groups is 1. The summed E-state index contributed by atoms with van der Waals surface area (Å²) in [5.74, 6) is 0.188. The van der Waals surface area contributed by atoms with Crippen LogP contribution in [0, 0.1) is 6.57 Å². The lowest BCUT2D eigenvalue weighted by molar-refractivity contribution is -0.123. The molecule has 0 radical (unpaired) electrons. The zero-order valence-electron chi connectivity index (χ0n) is 19.2. The van der Waals surface area contributed by atoms with E-state index in [-0.39, 0.29) is 16.6 Å². The molecule has 35 heavy (non-hydrogen) atoms. The molecule has 178 valence electrons. The van der Waals surface area contributed by atoms with Crippen molar-refractivity contribution in [3.63, 3.8) is 0 Å². The third-order valence-electron chi connectivity index (χ3n) is 5.86. The van der Waals surface area contributed by atoms with Gasteiger partial charge in [-0.25, -0.2) is 14.5 Å². The first-order valence-electron chi connectivity index (χ1n) is 10.9. The summed E-state index contributed by atoms with van der Waals surface area (Å²) in [6.45, 7) is 11.2. The van der Waals surface area contributed by atoms with E-state index in [0.717, 1.165) is 16.0 Å². The molecule has 2 aromatic carbocycles. The minimum absolute atomic E-state index is 0.189. The second-order valence-corrected chi connectivity index (χ2v) is 9.28. The molecule has 0 N–H and O–H groups in total. The molecule has 1 aliphatic heterocycles. The van der Waals surface area contributed by atoms with Gasteiger partial charge >= 0.3 is 6.03 Å². The molecular formula is C26H22Cl2N4O3. The van der Waals surface area contributed by atoms with Crippen LogP contribution < -0.4 is 9.64 Å². The van der Waals surface area contributed by atoms with Crippen LogP contribution in [-0.2, 0) is 4.79 Å². The van der Waals surface area contributed by atoms with Gasteiger partial charge in [0.05, 0.1) is 23.9 Å². The summed E-state index contributed by atoms with van der Waals surface area (Å²) in [5, 5.41) is 0.674. The van der Waals surface area contributed by atoms with Crippen LogP contribution in [0.4, 0.5) is 16.2 Å². The van der Waals surface area contributed by atoms with Crippen LogP contribution in [0.3, 0.4) is 0 Å². The largest absolute Gasteiger partial charge is 0.492 e. The number of imide groups is 1. The molecule has 3 amide bonds. The highest BCUT2D eigenvalue weighted by Gasteiger charge is 2.51. The quantitative estimate of drug-likeness (QED) is 0.204. The second kappa shape index (κ2) is 9.95. The monoisotopic (exact) mass is 508 g/mol. The van der Waals surface area contributed by atoms with Crippen LogP contribution in [0.5, 0.6) is 5.75 Å². The zero-order valence-corrected chi connectivity index (χ0v) is 20.7. The minimum atomic E-state index is -1.04. The molecule has 3 aromatic rings. The molecule has 1 aliphatic rings. The Bertz CT molecular complexity index is 1320. The number of anilines is 1. The second-order valence-electron chi connectivity index (χ2n) is 8.46. The number of aromatic nitrogens is 1. The normalized spacial score (nSPS) is 14.8. The van der Waals surface area contributed by atoms with E-state index < -0.39 is 11.6 Å². The fourth-order valence-corrected chi connectivity index (χ4v) is 4.36. The van der Waals surface area contributed by atoms with Crippen molar-refractivity contribution >= 4 is 46.5 Å². The molecule has 4 rings (SSSR count). The SMILES string of the molecule is [C-]#[N+]c1ccc(N2C(=O)N(CCCOc3ccc(-c4ccncc4)cc3Cl)C(C)(C)C2=O)cc1Cl. The lowest BCUT2D eigenvalue weighted by Crippen LogP contribution is -2.44. The molecule has 0 unspecified atom stereocenters. The van der Waals surface area contributed by atoms with Gasteiger partial charge in [-0.3, -0.25) is 9.78 Å². The number of hydrogen-bond acceptors (Lipinski definition) is 4. The number of amides is 3. The van der Waals surface area contributed by atoms with Gasteiger partial charge in [-0.1, -0.05) is 35.3 Å². The molecule has 1 aromatic heterocycles. The highest BCUT2D eigenvalue weighted by molar-refractivity contribution is 6.34. The Morgan fingerprint density at radius 1 is 1.00 bits per heavy atom. The first kappa shape index (κ1) is 24.5. The maximum absolute atomic E-state index is 13.1. The van der Waals surface area contributed by atoms with Crippen molar-refractivity contribution in [2.45, 2.75) is 25.8 Å². The summed E-state index contributed by atoms with van der Waals surface area (Å²) >= 11 is 12.5. The van der Waals surface area contributed by atoms with E-state index in [1.807, 2.05) is 30.3 Å². The Labute approximate surface area is 213 Å². The van der Waals surface area contributed by atoms with Gasteiger partial charge in [0.1, 0.15) is 11.3 Å². The van der Waals surface area contributed by atoms with E-state index in [1.54, 1.807) is 32.3 Å². The number of carbonyl (C=O) groups is 2. The standard InChI is InChI=1S/C26H22Cl2N4O3/c1-26(2)24(33)32(19-6-7-22(29-3)20(27)16-19)25(34)31(26)13-4-14-35-23-8-5-18(15-21(23)28)17-9-11-30-12-10-17/h5-12,15-16H,4,13-14H2,1-2H3. The predicted octanol–water partition coefficient (Wildman–Crippen LogP) is 6.62. The summed E-state index contributed by atoms with van der Waals surface area (Å²) in [4.78, 5) is 36.2. The summed E-state index contributed by atoms with van der Waals surface area (Å²) in [5.41, 5.74) is 1.52. The fourth-order valence-electron chi connectivity index (χ4n) is 3.91. The van der Waals surface area contributed by atoms with Gasteiger partial charge in [-0.2, -0.15) is 0 Å². The maximum atomic E-state index is 13.1. The first-order valence-corrected chi connectivity index (χ1v) is 11.7. The number of rotatable bonds is 7. The van der Waals surface area contributed by atoms with Crippen molar-refractivity contribution in [2.75, 3.05) is 18.1 Å². The smallest absolute Gasteiger partial charge is 0.332 e. The highest BCUT2D eigenvalue weighted by Crippen LogP contribution is 2.36. The van der Waals surface area contributed by atoms with Crippen molar-refractivity contribution in [1.29, 1.82) is 0 Å². The molecule has 0 bridgehead atoms. The Balaban J connectivity index is 1.40. The van der Waals surface area contributed by atoms with Crippen molar-refractivity contribution in [1.82, 2.24) is 9.88 Å². The molecule has 7 nitrogen and oxygen atoms in total. The summed E-state index contributed by atoms with van der Waals surface area (Å²) in [6.07, 6.45) is 3.94. The molecular weight excluding hydrogens is 487 g/mol. The van der Waals surface area contributed by atoms with Gasteiger partial charge in [-0.15, -0.1) is 0 Å². The molecule has 0 aliphatic carbocycles. The third kappa shape index (κ3) is 4.81. The van der Waals surface area contributed by atoms with E-state index in [1.165, 1.54) is 17.0 Å². The Kier molecular flexibility index (Phi) is 6.97. The lowest BCUT2D eigenvalue weighted by atomic mass is 10.0. The van der Waals surface area contributed by atoms with E-state index in [9.17, 15) is 9.59 Å². The molecule has 0 atom stereocenters. The molecule has 1 fully saturated rings. The van der Waals surface area contributed by atoms with Crippen LogP contribution in [0.2, 0.25) is 10.0 Å². The van der Waals surface area contributed by atoms with Gasteiger partial charge in [0.2, 0.25) is 5.69 Å². The molecule has 0 spiro atoms. The third-order valence-corrected chi connectivity index (χ3v) is 6.46. The summed E-state index contributed by atoms with van der Waals surface area (Å²) in [6, 6.07) is 13.4. The number of pyridine rings is 1. The Morgan fingerprint density at radius 3 is 2.40 bits per heavy atom. The van der Waals surface area contributed by atoms with Crippen LogP contribution in [-0.4, -0.2) is 40.5 Å². The number of hydrogen-bond donors (Lipinski definition) is 0. The highest BCUT2D eigenvalue weighted by atomic mass is 35.5. The molecule has 0 saturated carbocycles. The first-order chi connectivity index (χ1) is 16.7. The maximum Gasteiger partial charge on any atom is 0.332 e. The summed E-state index contributed by atoms with van der Waals surface area (Å²) in [7, 11) is 0. The van der Waals surface area contributed by atoms with E-state index in [2.05, 4.69) is 9.83 Å². The average Bonchev–Trinajstić information content (AvgIpc) is 3.01. The molecule has 1 saturated heterocycles. The van der Waals surface area contributed by atoms with Crippen LogP contribution in [0.15, 0.2) is 60.9 Å².